The summed E-state index contributed by atoms with van der Waals surface area (Å²) in [6, 6.07) is 6.42. The van der Waals surface area contributed by atoms with Crippen LogP contribution in [0.5, 0.6) is 5.75 Å². The fourth-order valence-corrected chi connectivity index (χ4v) is 2.36. The van der Waals surface area contributed by atoms with Crippen LogP contribution < -0.4 is 10.1 Å². The van der Waals surface area contributed by atoms with Gasteiger partial charge in [-0.2, -0.15) is 0 Å². The molecule has 21 heavy (non-hydrogen) atoms. The lowest BCUT2D eigenvalue weighted by atomic mass is 10.1. The molecule has 1 aromatic carbocycles. The molecule has 0 spiro atoms. The fraction of sp³-hybridized carbons (Fsp3) is 0.357. The van der Waals surface area contributed by atoms with Gasteiger partial charge in [-0.25, -0.2) is 0 Å². The second-order valence-corrected chi connectivity index (χ2v) is 5.52. The summed E-state index contributed by atoms with van der Waals surface area (Å²) < 4.78 is 6.29. The van der Waals surface area contributed by atoms with Gasteiger partial charge in [0.05, 0.1) is 0 Å². The zero-order valence-corrected chi connectivity index (χ0v) is 13.1. The first-order valence-electron chi connectivity index (χ1n) is 6.52. The molecule has 0 saturated carbocycles. The molecule has 1 N–H and O–H groups in total. The van der Waals surface area contributed by atoms with E-state index in [1.807, 2.05) is 0 Å². The average Bonchev–Trinajstić information content (AvgIpc) is 2.45. The van der Waals surface area contributed by atoms with Crippen LogP contribution in [0.1, 0.15) is 13.3 Å². The van der Waals surface area contributed by atoms with Crippen molar-refractivity contribution < 1.29 is 19.1 Å². The fourth-order valence-electron chi connectivity index (χ4n) is 2.09. The third-order valence-corrected chi connectivity index (χ3v) is 3.67. The summed E-state index contributed by atoms with van der Waals surface area (Å²) in [5, 5.41) is 2.23. The molecular formula is C14H15BrN2O4. The van der Waals surface area contributed by atoms with Crippen molar-refractivity contribution in [2.24, 2.45) is 0 Å². The molecule has 6 nitrogen and oxygen atoms in total. The van der Waals surface area contributed by atoms with Gasteiger partial charge < -0.3 is 9.64 Å². The minimum absolute atomic E-state index is 0.118. The van der Waals surface area contributed by atoms with Crippen LogP contribution in [0.4, 0.5) is 0 Å². The van der Waals surface area contributed by atoms with Crippen molar-refractivity contribution in [3.8, 4) is 5.75 Å². The van der Waals surface area contributed by atoms with Gasteiger partial charge in [0.2, 0.25) is 11.8 Å². The highest BCUT2D eigenvalue weighted by molar-refractivity contribution is 9.10. The van der Waals surface area contributed by atoms with Gasteiger partial charge in [-0.1, -0.05) is 22.9 Å². The van der Waals surface area contributed by atoms with Crippen LogP contribution in [0.2, 0.25) is 0 Å². The van der Waals surface area contributed by atoms with Gasteiger partial charge in [-0.15, -0.1) is 0 Å². The highest BCUT2D eigenvalue weighted by Gasteiger charge is 2.35. The van der Waals surface area contributed by atoms with Crippen molar-refractivity contribution in [2.75, 3.05) is 13.2 Å². The van der Waals surface area contributed by atoms with Crippen molar-refractivity contribution in [2.45, 2.75) is 19.4 Å². The Kier molecular flexibility index (Phi) is 4.95. The van der Waals surface area contributed by atoms with Gasteiger partial charge in [0.1, 0.15) is 18.3 Å². The monoisotopic (exact) mass is 354 g/mol. The summed E-state index contributed by atoms with van der Waals surface area (Å²) in [6.45, 7) is 1.46. The normalized spacial score (nSPS) is 18.4. The molecule has 112 valence electrons. The lowest BCUT2D eigenvalue weighted by molar-refractivity contribution is -0.151. The molecule has 0 aromatic heterocycles. The Labute approximate surface area is 130 Å². The van der Waals surface area contributed by atoms with E-state index in [1.54, 1.807) is 31.2 Å². The number of piperazine rings is 1. The van der Waals surface area contributed by atoms with E-state index in [-0.39, 0.29) is 19.1 Å². The Morgan fingerprint density at radius 2 is 2.05 bits per heavy atom. The number of hydrogen-bond donors (Lipinski definition) is 1. The first kappa shape index (κ1) is 15.5. The van der Waals surface area contributed by atoms with Gasteiger partial charge in [-0.3, -0.25) is 19.7 Å². The molecule has 0 radical (unpaired) electrons. The number of imide groups is 1. The lowest BCUT2D eigenvalue weighted by Crippen LogP contribution is -2.60. The maximum atomic E-state index is 12.2. The predicted octanol–water partition coefficient (Wildman–Crippen LogP) is 1.09. The largest absolute Gasteiger partial charge is 0.484 e. The first-order chi connectivity index (χ1) is 10.0. The third-order valence-electron chi connectivity index (χ3n) is 3.14. The lowest BCUT2D eigenvalue weighted by Gasteiger charge is -2.33. The summed E-state index contributed by atoms with van der Waals surface area (Å²) in [5.74, 6) is -0.743. The SMILES string of the molecule is CCC1C(=O)NC(=O)CN1C(=O)COc1ccc(Br)cc1. The van der Waals surface area contributed by atoms with Gasteiger partial charge >= 0.3 is 0 Å². The second kappa shape index (κ2) is 6.71. The molecule has 1 atom stereocenters. The first-order valence-corrected chi connectivity index (χ1v) is 7.32. The molecule has 2 rings (SSSR count). The number of nitrogens with one attached hydrogen (secondary N) is 1. The predicted molar refractivity (Wildman–Crippen MR) is 78.6 cm³/mol. The molecule has 7 heteroatoms. The average molecular weight is 355 g/mol. The van der Waals surface area contributed by atoms with Crippen LogP contribution >= 0.6 is 15.9 Å². The summed E-state index contributed by atoms with van der Waals surface area (Å²) in [5.41, 5.74) is 0. The molecule has 1 unspecified atom stereocenters. The zero-order chi connectivity index (χ0) is 15.4. The van der Waals surface area contributed by atoms with Crippen LogP contribution in [0, 0.1) is 0 Å². The molecule has 0 bridgehead atoms. The smallest absolute Gasteiger partial charge is 0.261 e. The van der Waals surface area contributed by atoms with Gasteiger partial charge in [0.15, 0.2) is 6.61 Å². The standard InChI is InChI=1S/C14H15BrN2O4/c1-2-11-14(20)16-12(18)7-17(11)13(19)8-21-10-5-3-9(15)4-6-10/h3-6,11H,2,7-8H2,1H3,(H,16,18,20). The van der Waals surface area contributed by atoms with Crippen LogP contribution in [0.15, 0.2) is 28.7 Å². The molecule has 1 aliphatic rings. The number of carbonyl (C=O) groups is 3. The van der Waals surface area contributed by atoms with Gasteiger partial charge in [0, 0.05) is 4.47 Å². The quantitative estimate of drug-likeness (QED) is 0.821. The molecule has 3 amide bonds. The Balaban J connectivity index is 1.99. The van der Waals surface area contributed by atoms with E-state index < -0.39 is 17.9 Å². The summed E-state index contributed by atoms with van der Waals surface area (Å²) in [6.07, 6.45) is 0.448. The van der Waals surface area contributed by atoms with Gasteiger partial charge in [-0.05, 0) is 30.7 Å². The second-order valence-electron chi connectivity index (χ2n) is 4.60. The topological polar surface area (TPSA) is 75.7 Å². The van der Waals surface area contributed by atoms with E-state index in [4.69, 9.17) is 4.74 Å². The maximum Gasteiger partial charge on any atom is 0.261 e. The van der Waals surface area contributed by atoms with Gasteiger partial charge in [0.25, 0.3) is 5.91 Å². The summed E-state index contributed by atoms with van der Waals surface area (Å²) >= 11 is 3.31. The van der Waals surface area contributed by atoms with E-state index in [9.17, 15) is 14.4 Å². The maximum absolute atomic E-state index is 12.2. The number of hydrogen-bond acceptors (Lipinski definition) is 4. The Morgan fingerprint density at radius 1 is 1.38 bits per heavy atom. The van der Waals surface area contributed by atoms with E-state index in [1.165, 1.54) is 4.90 Å². The third kappa shape index (κ3) is 3.81. The minimum atomic E-state index is -0.622. The van der Waals surface area contributed by atoms with E-state index >= 15 is 0 Å². The molecule has 1 fully saturated rings. The van der Waals surface area contributed by atoms with E-state index in [0.29, 0.717) is 12.2 Å². The molecule has 1 aliphatic heterocycles. The number of halogens is 1. The zero-order valence-electron chi connectivity index (χ0n) is 11.5. The van der Waals surface area contributed by atoms with Crippen molar-refractivity contribution in [3.05, 3.63) is 28.7 Å². The van der Waals surface area contributed by atoms with Crippen LogP contribution in [-0.2, 0) is 14.4 Å². The number of benzene rings is 1. The van der Waals surface area contributed by atoms with Crippen molar-refractivity contribution >= 4 is 33.7 Å². The molecule has 1 aromatic rings. The molecule has 1 heterocycles. The summed E-state index contributed by atoms with van der Waals surface area (Å²) in [4.78, 5) is 36.5. The van der Waals surface area contributed by atoms with E-state index in [0.717, 1.165) is 4.47 Å². The highest BCUT2D eigenvalue weighted by Crippen LogP contribution is 2.16. The van der Waals surface area contributed by atoms with E-state index in [2.05, 4.69) is 21.2 Å². The Hall–Kier alpha value is -1.89. The van der Waals surface area contributed by atoms with Crippen molar-refractivity contribution in [1.82, 2.24) is 10.2 Å². The Morgan fingerprint density at radius 3 is 2.67 bits per heavy atom. The van der Waals surface area contributed by atoms with Crippen LogP contribution in [0.25, 0.3) is 0 Å². The highest BCUT2D eigenvalue weighted by atomic mass is 79.9. The minimum Gasteiger partial charge on any atom is -0.484 e. The summed E-state index contributed by atoms with van der Waals surface area (Å²) in [7, 11) is 0. The number of rotatable bonds is 4. The van der Waals surface area contributed by atoms with Crippen LogP contribution in [0.3, 0.4) is 0 Å². The number of ether oxygens (including phenoxy) is 1. The molecule has 1 saturated heterocycles. The number of carbonyl (C=O) groups excluding carboxylic acids is 3. The van der Waals surface area contributed by atoms with Crippen molar-refractivity contribution in [3.63, 3.8) is 0 Å². The molecule has 0 aliphatic carbocycles. The number of amides is 3. The number of nitrogens with zero attached hydrogens (tertiary/aromatic N) is 1. The van der Waals surface area contributed by atoms with Crippen molar-refractivity contribution in [1.29, 1.82) is 0 Å². The Bertz CT molecular complexity index is 559. The molecular weight excluding hydrogens is 340 g/mol. The van der Waals surface area contributed by atoms with Crippen LogP contribution in [-0.4, -0.2) is 41.8 Å².